The zero-order chi connectivity index (χ0) is 19.0. The van der Waals surface area contributed by atoms with E-state index in [0.717, 1.165) is 16.6 Å². The summed E-state index contributed by atoms with van der Waals surface area (Å²) in [4.78, 5) is 20.1. The number of allylic oxidation sites excluding steroid dienone is 1. The molecule has 1 atom stereocenters. The van der Waals surface area contributed by atoms with E-state index in [0.29, 0.717) is 5.13 Å². The van der Waals surface area contributed by atoms with Crippen LogP contribution in [0, 0.1) is 0 Å². The number of methoxy groups -OCH3 is 1. The largest absolute Gasteiger partial charge is 0.504 e. The van der Waals surface area contributed by atoms with Crippen LogP contribution in [0.4, 0.5) is 10.8 Å². The number of nitrogens with one attached hydrogen (secondary N) is 2. The van der Waals surface area contributed by atoms with Crippen LogP contribution in [0.2, 0.25) is 0 Å². The number of carbonyl (C=O) groups is 1. The number of aliphatic hydroxyl groups is 2. The maximum absolute atomic E-state index is 12.7. The van der Waals surface area contributed by atoms with Crippen molar-refractivity contribution in [1.29, 1.82) is 0 Å². The molecule has 0 spiro atoms. The van der Waals surface area contributed by atoms with Gasteiger partial charge in [-0.1, -0.05) is 0 Å². The smallest absolute Gasteiger partial charge is 0.208 e. The molecule has 4 rings (SSSR count). The van der Waals surface area contributed by atoms with Gasteiger partial charge in [0.2, 0.25) is 5.78 Å². The minimum Gasteiger partial charge on any atom is -0.504 e. The Hall–Kier alpha value is -3.10. The Morgan fingerprint density at radius 1 is 1.41 bits per heavy atom. The number of benzene rings is 1. The first-order chi connectivity index (χ1) is 13.0. The van der Waals surface area contributed by atoms with Crippen molar-refractivity contribution in [3.05, 3.63) is 64.7 Å². The van der Waals surface area contributed by atoms with E-state index >= 15 is 0 Å². The lowest BCUT2D eigenvalue weighted by atomic mass is 9.95. The molecule has 7 nitrogen and oxygen atoms in total. The second-order valence-corrected chi connectivity index (χ2v) is 6.97. The summed E-state index contributed by atoms with van der Waals surface area (Å²) < 4.78 is 4.94. The third-order valence-corrected chi connectivity index (χ3v) is 5.09. The highest BCUT2D eigenvalue weighted by Crippen LogP contribution is 2.28. The van der Waals surface area contributed by atoms with E-state index in [1.165, 1.54) is 24.5 Å². The Bertz CT molecular complexity index is 1080. The van der Waals surface area contributed by atoms with E-state index < -0.39 is 6.10 Å². The van der Waals surface area contributed by atoms with Crippen molar-refractivity contribution in [2.75, 3.05) is 12.4 Å². The number of ketones is 1. The van der Waals surface area contributed by atoms with Crippen LogP contribution in [0.15, 0.2) is 59.0 Å². The minimum absolute atomic E-state index is 0.0623. The maximum Gasteiger partial charge on any atom is 0.208 e. The summed E-state index contributed by atoms with van der Waals surface area (Å²) in [6.07, 6.45) is 2.21. The standard InChI is InChI=1S/C19H17N3O4S/c1-26-18-15(23)7-11(8-16(18)24)17(25)14-9-27-19(22-14)21-12-2-3-13-10(6-12)4-5-20-13/h2-7,9,16,20,23-24H,8H2,1H3,(H,21,22). The van der Waals surface area contributed by atoms with Crippen molar-refractivity contribution in [2.45, 2.75) is 12.5 Å². The van der Waals surface area contributed by atoms with Gasteiger partial charge in [-0.2, -0.15) is 0 Å². The Morgan fingerprint density at radius 3 is 3.04 bits per heavy atom. The van der Waals surface area contributed by atoms with Gasteiger partial charge < -0.3 is 25.3 Å². The molecule has 2 aromatic heterocycles. The first kappa shape index (κ1) is 17.3. The fourth-order valence-electron chi connectivity index (χ4n) is 3.02. The molecule has 138 valence electrons. The van der Waals surface area contributed by atoms with Gasteiger partial charge in [0.25, 0.3) is 0 Å². The molecule has 1 aliphatic rings. The van der Waals surface area contributed by atoms with Gasteiger partial charge >= 0.3 is 0 Å². The number of H-pyrrole nitrogens is 1. The molecule has 4 N–H and O–H groups in total. The molecule has 2 heterocycles. The number of hydrogen-bond donors (Lipinski definition) is 4. The fourth-order valence-corrected chi connectivity index (χ4v) is 3.73. The third kappa shape index (κ3) is 3.32. The van der Waals surface area contributed by atoms with Crippen LogP contribution in [0.3, 0.4) is 0 Å². The number of ether oxygens (including phenoxy) is 1. The van der Waals surface area contributed by atoms with E-state index in [9.17, 15) is 15.0 Å². The third-order valence-electron chi connectivity index (χ3n) is 4.33. The molecule has 0 radical (unpaired) electrons. The monoisotopic (exact) mass is 383 g/mol. The number of Topliss-reactive ketones (excluding diaryl/α,β-unsaturated/α-hetero) is 1. The number of rotatable bonds is 5. The van der Waals surface area contributed by atoms with Gasteiger partial charge in [-0.15, -0.1) is 11.3 Å². The first-order valence-electron chi connectivity index (χ1n) is 8.25. The molecule has 3 aromatic rings. The summed E-state index contributed by atoms with van der Waals surface area (Å²) in [6, 6.07) is 7.86. The minimum atomic E-state index is -1.05. The van der Waals surface area contributed by atoms with E-state index in [4.69, 9.17) is 4.74 Å². The number of nitrogens with zero attached hydrogens (tertiary/aromatic N) is 1. The fraction of sp³-hybridized carbons (Fsp3) is 0.158. The van der Waals surface area contributed by atoms with Gasteiger partial charge in [0.15, 0.2) is 16.6 Å². The quantitative estimate of drug-likeness (QED) is 0.501. The molecule has 0 fully saturated rings. The average Bonchev–Trinajstić information content (AvgIpc) is 3.29. The molecule has 0 amide bonds. The van der Waals surface area contributed by atoms with Gasteiger partial charge in [-0.05, 0) is 30.3 Å². The van der Waals surface area contributed by atoms with Crippen LogP contribution in [-0.4, -0.2) is 39.2 Å². The first-order valence-corrected chi connectivity index (χ1v) is 9.13. The van der Waals surface area contributed by atoms with Crippen molar-refractivity contribution < 1.29 is 19.7 Å². The summed E-state index contributed by atoms with van der Waals surface area (Å²) in [6.45, 7) is 0. The van der Waals surface area contributed by atoms with Gasteiger partial charge in [-0.3, -0.25) is 4.79 Å². The lowest BCUT2D eigenvalue weighted by Gasteiger charge is -2.20. The SMILES string of the molecule is COC1=C(O)C=C(C(=O)c2csc(Nc3ccc4[nH]ccc4c3)n2)CC1O. The molecule has 0 saturated carbocycles. The second-order valence-electron chi connectivity index (χ2n) is 6.11. The highest BCUT2D eigenvalue weighted by atomic mass is 32.1. The second kappa shape index (κ2) is 6.90. The lowest BCUT2D eigenvalue weighted by Crippen LogP contribution is -2.22. The summed E-state index contributed by atoms with van der Waals surface area (Å²) in [5.74, 6) is -0.513. The zero-order valence-corrected chi connectivity index (χ0v) is 15.2. The number of thiazole rings is 1. The Balaban J connectivity index is 1.53. The van der Waals surface area contributed by atoms with Crippen molar-refractivity contribution in [3.63, 3.8) is 0 Å². The summed E-state index contributed by atoms with van der Waals surface area (Å²) in [5, 5.41) is 26.4. The van der Waals surface area contributed by atoms with Gasteiger partial charge in [0.1, 0.15) is 11.8 Å². The number of aromatic nitrogens is 2. The molecule has 0 saturated heterocycles. The predicted octanol–water partition coefficient (Wildman–Crippen LogP) is 3.66. The molecule has 1 aromatic carbocycles. The molecule has 0 aliphatic heterocycles. The Kier molecular flexibility index (Phi) is 4.43. The molecule has 0 bridgehead atoms. The Morgan fingerprint density at radius 2 is 2.26 bits per heavy atom. The van der Waals surface area contributed by atoms with Crippen molar-refractivity contribution in [1.82, 2.24) is 9.97 Å². The summed E-state index contributed by atoms with van der Waals surface area (Å²) in [5.41, 5.74) is 2.46. The highest BCUT2D eigenvalue weighted by molar-refractivity contribution is 7.14. The topological polar surface area (TPSA) is 107 Å². The van der Waals surface area contributed by atoms with Crippen molar-refractivity contribution >= 4 is 38.8 Å². The van der Waals surface area contributed by atoms with Crippen molar-refractivity contribution in [2.24, 2.45) is 0 Å². The Labute approximate surface area is 158 Å². The molecule has 1 unspecified atom stereocenters. The number of aromatic amines is 1. The number of aliphatic hydroxyl groups excluding tert-OH is 2. The highest BCUT2D eigenvalue weighted by Gasteiger charge is 2.27. The van der Waals surface area contributed by atoms with E-state index in [-0.39, 0.29) is 35.0 Å². The number of anilines is 2. The van der Waals surface area contributed by atoms with E-state index in [1.54, 1.807) is 5.38 Å². The van der Waals surface area contributed by atoms with E-state index in [2.05, 4.69) is 15.3 Å². The molecule has 1 aliphatic carbocycles. The number of carbonyl (C=O) groups excluding carboxylic acids is 1. The molecular formula is C19H17N3O4S. The maximum atomic E-state index is 12.7. The van der Waals surface area contributed by atoms with Gasteiger partial charge in [0.05, 0.1) is 7.11 Å². The molecule has 8 heteroatoms. The molecular weight excluding hydrogens is 366 g/mol. The van der Waals surface area contributed by atoms with Gasteiger partial charge in [0, 0.05) is 40.2 Å². The van der Waals surface area contributed by atoms with Crippen LogP contribution in [0.25, 0.3) is 10.9 Å². The van der Waals surface area contributed by atoms with Crippen LogP contribution >= 0.6 is 11.3 Å². The molecule has 27 heavy (non-hydrogen) atoms. The van der Waals surface area contributed by atoms with E-state index in [1.807, 2.05) is 30.5 Å². The number of fused-ring (bicyclic) bond motifs is 1. The van der Waals surface area contributed by atoms with Crippen LogP contribution in [0.5, 0.6) is 0 Å². The normalized spacial score (nSPS) is 17.1. The summed E-state index contributed by atoms with van der Waals surface area (Å²) >= 11 is 1.31. The van der Waals surface area contributed by atoms with Crippen LogP contribution < -0.4 is 5.32 Å². The average molecular weight is 383 g/mol. The zero-order valence-electron chi connectivity index (χ0n) is 14.4. The summed E-state index contributed by atoms with van der Waals surface area (Å²) in [7, 11) is 1.36. The van der Waals surface area contributed by atoms with Gasteiger partial charge in [-0.25, -0.2) is 4.98 Å². The number of hydrogen-bond acceptors (Lipinski definition) is 7. The van der Waals surface area contributed by atoms with Crippen LogP contribution in [-0.2, 0) is 4.74 Å². The lowest BCUT2D eigenvalue weighted by molar-refractivity contribution is 0.0949. The predicted molar refractivity (Wildman–Crippen MR) is 103 cm³/mol. The van der Waals surface area contributed by atoms with Crippen molar-refractivity contribution in [3.8, 4) is 0 Å². The van der Waals surface area contributed by atoms with Crippen LogP contribution in [0.1, 0.15) is 16.9 Å².